The molecule has 0 atom stereocenters. The zero-order valence-corrected chi connectivity index (χ0v) is 17.0. The fraction of sp³-hybridized carbons (Fsp3) is 0.0714. The van der Waals surface area contributed by atoms with Gasteiger partial charge in [-0.05, 0) is 41.7 Å². The first-order valence-electron chi connectivity index (χ1n) is 9.98. The maximum atomic E-state index is 3.83. The monoisotopic (exact) mass is 371 g/mol. The van der Waals surface area contributed by atoms with Crippen molar-refractivity contribution in [2.24, 2.45) is 0 Å². The largest absolute Gasteiger partial charge is 0.192 e. The van der Waals surface area contributed by atoms with Crippen molar-refractivity contribution in [2.45, 2.75) is 13.8 Å². The summed E-state index contributed by atoms with van der Waals surface area (Å²) >= 11 is 0. The molecule has 0 aromatic heterocycles. The molecule has 0 amide bonds. The lowest BCUT2D eigenvalue weighted by Crippen LogP contribution is -2.31. The van der Waals surface area contributed by atoms with Crippen molar-refractivity contribution in [3.05, 3.63) is 114 Å². The fourth-order valence-electron chi connectivity index (χ4n) is 3.75. The lowest BCUT2D eigenvalue weighted by Gasteiger charge is -2.13. The number of aryl methyl sites for hydroxylation is 2. The summed E-state index contributed by atoms with van der Waals surface area (Å²) in [5.41, 5.74) is 11.2. The SMILES string of the molecule is C=Cc1ccc(-c2cc(C)c([B]c3ccc(-c4ccccc4)cc3)c(C)c2)cc1. The zero-order chi connectivity index (χ0) is 20.2. The van der Waals surface area contributed by atoms with Crippen LogP contribution in [0.5, 0.6) is 0 Å². The Bertz CT molecular complexity index is 1100. The maximum absolute atomic E-state index is 3.83. The van der Waals surface area contributed by atoms with Gasteiger partial charge in [0.25, 0.3) is 0 Å². The summed E-state index contributed by atoms with van der Waals surface area (Å²) in [5, 5.41) is 0. The van der Waals surface area contributed by atoms with E-state index in [0.29, 0.717) is 0 Å². The summed E-state index contributed by atoms with van der Waals surface area (Å²) in [6.07, 6.45) is 1.88. The highest BCUT2D eigenvalue weighted by Gasteiger charge is 2.09. The quantitative estimate of drug-likeness (QED) is 0.381. The first kappa shape index (κ1) is 19.0. The van der Waals surface area contributed by atoms with Gasteiger partial charge in [-0.25, -0.2) is 0 Å². The van der Waals surface area contributed by atoms with Crippen molar-refractivity contribution in [2.75, 3.05) is 0 Å². The third kappa shape index (κ3) is 4.25. The van der Waals surface area contributed by atoms with Crippen LogP contribution in [-0.4, -0.2) is 7.28 Å². The van der Waals surface area contributed by atoms with E-state index in [1.54, 1.807) is 0 Å². The molecule has 0 aliphatic heterocycles. The van der Waals surface area contributed by atoms with Crippen LogP contribution in [0.2, 0.25) is 0 Å². The van der Waals surface area contributed by atoms with Crippen LogP contribution in [0.15, 0.2) is 97.6 Å². The molecule has 4 rings (SSSR count). The van der Waals surface area contributed by atoms with Gasteiger partial charge in [-0.1, -0.05) is 126 Å². The topological polar surface area (TPSA) is 0 Å². The van der Waals surface area contributed by atoms with Crippen LogP contribution in [-0.2, 0) is 0 Å². The van der Waals surface area contributed by atoms with Crippen molar-refractivity contribution < 1.29 is 0 Å². The predicted molar refractivity (Wildman–Crippen MR) is 128 cm³/mol. The summed E-state index contributed by atoms with van der Waals surface area (Å²) < 4.78 is 0. The van der Waals surface area contributed by atoms with Crippen molar-refractivity contribution in [3.63, 3.8) is 0 Å². The Balaban J connectivity index is 1.58. The van der Waals surface area contributed by atoms with Gasteiger partial charge >= 0.3 is 0 Å². The van der Waals surface area contributed by atoms with Gasteiger partial charge in [-0.3, -0.25) is 0 Å². The van der Waals surface area contributed by atoms with E-state index in [2.05, 4.69) is 119 Å². The Labute approximate surface area is 174 Å². The molecule has 0 N–H and O–H groups in total. The van der Waals surface area contributed by atoms with Gasteiger partial charge in [0, 0.05) is 0 Å². The summed E-state index contributed by atoms with van der Waals surface area (Å²) in [6.45, 7) is 8.22. The minimum Gasteiger partial charge on any atom is -0.0985 e. The molecule has 29 heavy (non-hydrogen) atoms. The van der Waals surface area contributed by atoms with Crippen molar-refractivity contribution in [1.29, 1.82) is 0 Å². The summed E-state index contributed by atoms with van der Waals surface area (Å²) in [5.74, 6) is 0. The Hall–Kier alpha value is -3.32. The standard InChI is InChI=1S/C28H24B/c1-4-22-10-12-25(13-11-22)26-18-20(2)28(21(3)19-26)29-27-16-14-24(15-17-27)23-8-6-5-7-9-23/h4-19H,1H2,2-3H3. The van der Waals surface area contributed by atoms with Gasteiger partial charge in [-0.2, -0.15) is 0 Å². The van der Waals surface area contributed by atoms with Crippen molar-refractivity contribution >= 4 is 24.3 Å². The van der Waals surface area contributed by atoms with E-state index in [4.69, 9.17) is 0 Å². The third-order valence-corrected chi connectivity index (χ3v) is 5.40. The van der Waals surface area contributed by atoms with Crippen molar-refractivity contribution in [3.8, 4) is 22.3 Å². The molecule has 0 aliphatic rings. The van der Waals surface area contributed by atoms with E-state index in [1.807, 2.05) is 6.08 Å². The molecular weight excluding hydrogens is 347 g/mol. The number of benzene rings is 4. The van der Waals surface area contributed by atoms with Gasteiger partial charge in [0.1, 0.15) is 0 Å². The van der Waals surface area contributed by atoms with E-state index >= 15 is 0 Å². The molecule has 0 bridgehead atoms. The number of hydrogen-bond donors (Lipinski definition) is 0. The van der Waals surface area contributed by atoms with Gasteiger partial charge in [0.15, 0.2) is 7.28 Å². The molecule has 0 aliphatic carbocycles. The minimum atomic E-state index is 1.14. The lowest BCUT2D eigenvalue weighted by atomic mass is 9.60. The highest BCUT2D eigenvalue weighted by atomic mass is 14.1. The van der Waals surface area contributed by atoms with Crippen LogP contribution in [0.25, 0.3) is 28.3 Å². The molecule has 1 heteroatoms. The molecule has 0 saturated heterocycles. The molecular formula is C28H24B. The van der Waals surface area contributed by atoms with Gasteiger partial charge in [0.05, 0.1) is 0 Å². The van der Waals surface area contributed by atoms with Crippen LogP contribution in [0, 0.1) is 13.8 Å². The molecule has 0 saturated carbocycles. The smallest absolute Gasteiger partial charge is 0.0985 e. The van der Waals surface area contributed by atoms with E-state index in [-0.39, 0.29) is 0 Å². The molecule has 0 unspecified atom stereocenters. The van der Waals surface area contributed by atoms with E-state index in [9.17, 15) is 0 Å². The average molecular weight is 371 g/mol. The van der Waals surface area contributed by atoms with Gasteiger partial charge in [0.2, 0.25) is 0 Å². The second kappa shape index (κ2) is 8.37. The molecule has 4 aromatic carbocycles. The zero-order valence-electron chi connectivity index (χ0n) is 17.0. The normalized spacial score (nSPS) is 10.6. The molecule has 139 valence electrons. The molecule has 0 nitrogen and oxygen atoms in total. The molecule has 0 fully saturated rings. The van der Waals surface area contributed by atoms with E-state index < -0.39 is 0 Å². The Morgan fingerprint density at radius 1 is 0.621 bits per heavy atom. The second-order valence-corrected chi connectivity index (χ2v) is 7.48. The van der Waals surface area contributed by atoms with Crippen LogP contribution in [0.3, 0.4) is 0 Å². The van der Waals surface area contributed by atoms with Gasteiger partial charge in [-0.15, -0.1) is 0 Å². The third-order valence-electron chi connectivity index (χ3n) is 5.40. The van der Waals surface area contributed by atoms with Crippen molar-refractivity contribution in [1.82, 2.24) is 0 Å². The molecule has 4 aromatic rings. The fourth-order valence-corrected chi connectivity index (χ4v) is 3.75. The van der Waals surface area contributed by atoms with E-state index in [1.165, 1.54) is 44.3 Å². The number of hydrogen-bond acceptors (Lipinski definition) is 0. The predicted octanol–water partition coefficient (Wildman–Crippen LogP) is 5.94. The minimum absolute atomic E-state index is 1.14. The van der Waals surface area contributed by atoms with Crippen LogP contribution < -0.4 is 10.9 Å². The summed E-state index contributed by atoms with van der Waals surface area (Å²) in [4.78, 5) is 0. The Morgan fingerprint density at radius 2 is 1.14 bits per heavy atom. The lowest BCUT2D eigenvalue weighted by molar-refractivity contribution is 1.42. The maximum Gasteiger partial charge on any atom is 0.192 e. The highest BCUT2D eigenvalue weighted by molar-refractivity contribution is 6.68. The number of rotatable bonds is 5. The first-order valence-corrected chi connectivity index (χ1v) is 9.98. The highest BCUT2D eigenvalue weighted by Crippen LogP contribution is 2.22. The van der Waals surface area contributed by atoms with E-state index in [0.717, 1.165) is 5.56 Å². The van der Waals surface area contributed by atoms with Crippen LogP contribution >= 0.6 is 0 Å². The average Bonchev–Trinajstić information content (AvgIpc) is 2.77. The Morgan fingerprint density at radius 3 is 1.72 bits per heavy atom. The molecule has 1 radical (unpaired) electrons. The summed E-state index contributed by atoms with van der Waals surface area (Å²) in [7, 11) is 2.28. The second-order valence-electron chi connectivity index (χ2n) is 7.48. The van der Waals surface area contributed by atoms with Gasteiger partial charge < -0.3 is 0 Å². The first-order chi connectivity index (χ1) is 14.1. The molecule has 0 spiro atoms. The van der Waals surface area contributed by atoms with Crippen LogP contribution in [0.1, 0.15) is 16.7 Å². The molecule has 0 heterocycles. The Kier molecular flexibility index (Phi) is 5.49. The van der Waals surface area contributed by atoms with Crippen LogP contribution in [0.4, 0.5) is 0 Å². The summed E-state index contributed by atoms with van der Waals surface area (Å²) in [6, 6.07) is 32.4.